The van der Waals surface area contributed by atoms with Crippen molar-refractivity contribution in [3.05, 3.63) is 65.9 Å². The lowest BCUT2D eigenvalue weighted by atomic mass is 10.1. The fraction of sp³-hybridized carbons (Fsp3) is 0.273. The van der Waals surface area contributed by atoms with Gasteiger partial charge >= 0.3 is 5.97 Å². The first-order valence-corrected chi connectivity index (χ1v) is 9.01. The summed E-state index contributed by atoms with van der Waals surface area (Å²) in [6.07, 6.45) is 2.90. The number of aromatic amines is 1. The van der Waals surface area contributed by atoms with Gasteiger partial charge in [0.05, 0.1) is 7.11 Å². The molecule has 0 fully saturated rings. The lowest BCUT2D eigenvalue weighted by Crippen LogP contribution is -2.24. The van der Waals surface area contributed by atoms with Crippen molar-refractivity contribution in [1.29, 1.82) is 0 Å². The second-order valence-corrected chi connectivity index (χ2v) is 6.44. The van der Waals surface area contributed by atoms with E-state index in [1.807, 2.05) is 24.4 Å². The number of para-hydroxylation sites is 1. The highest BCUT2D eigenvalue weighted by Gasteiger charge is 2.19. The number of carbonyl (C=O) groups is 2. The van der Waals surface area contributed by atoms with Gasteiger partial charge in [-0.05, 0) is 55.7 Å². The van der Waals surface area contributed by atoms with Crippen LogP contribution in [0.25, 0.3) is 10.9 Å². The van der Waals surface area contributed by atoms with Gasteiger partial charge in [-0.25, -0.2) is 0 Å². The summed E-state index contributed by atoms with van der Waals surface area (Å²) in [4.78, 5) is 27.7. The Hall–Kier alpha value is -3.08. The molecule has 1 aromatic heterocycles. The van der Waals surface area contributed by atoms with Crippen molar-refractivity contribution in [2.45, 2.75) is 32.3 Å². The van der Waals surface area contributed by atoms with Gasteiger partial charge in [-0.2, -0.15) is 0 Å². The SMILES string of the molecule is COc1ccc(C(=O)C(C)OC(=O)CCCc2c[nH]c3ccccc23)cc1. The Bertz CT molecular complexity index is 927. The number of hydrogen-bond acceptors (Lipinski definition) is 4. The van der Waals surface area contributed by atoms with E-state index in [1.54, 1.807) is 38.3 Å². The van der Waals surface area contributed by atoms with Gasteiger partial charge in [-0.1, -0.05) is 18.2 Å². The number of aromatic nitrogens is 1. The minimum atomic E-state index is -0.806. The highest BCUT2D eigenvalue weighted by molar-refractivity contribution is 6.00. The van der Waals surface area contributed by atoms with Crippen molar-refractivity contribution < 1.29 is 19.1 Å². The predicted molar refractivity (Wildman–Crippen MR) is 104 cm³/mol. The second-order valence-electron chi connectivity index (χ2n) is 6.44. The summed E-state index contributed by atoms with van der Waals surface area (Å²) >= 11 is 0. The first kappa shape index (κ1) is 18.7. The summed E-state index contributed by atoms with van der Waals surface area (Å²) in [5, 5.41) is 1.17. The van der Waals surface area contributed by atoms with Crippen LogP contribution >= 0.6 is 0 Å². The molecule has 0 spiro atoms. The van der Waals surface area contributed by atoms with Gasteiger partial charge < -0.3 is 14.5 Å². The van der Waals surface area contributed by atoms with Crippen LogP contribution in [0.5, 0.6) is 5.75 Å². The van der Waals surface area contributed by atoms with Gasteiger partial charge in [0.1, 0.15) is 5.75 Å². The molecular formula is C22H23NO4. The van der Waals surface area contributed by atoms with E-state index in [2.05, 4.69) is 11.1 Å². The van der Waals surface area contributed by atoms with Crippen molar-refractivity contribution in [2.75, 3.05) is 7.11 Å². The number of Topliss-reactive ketones (excluding diaryl/α,β-unsaturated/α-hetero) is 1. The monoisotopic (exact) mass is 365 g/mol. The third-order valence-corrected chi connectivity index (χ3v) is 4.55. The summed E-state index contributed by atoms with van der Waals surface area (Å²) in [6.45, 7) is 1.60. The zero-order chi connectivity index (χ0) is 19.2. The number of benzene rings is 2. The van der Waals surface area contributed by atoms with Crippen LogP contribution in [-0.4, -0.2) is 30.0 Å². The molecule has 0 aliphatic rings. The molecule has 1 atom stereocenters. The summed E-state index contributed by atoms with van der Waals surface area (Å²) in [5.74, 6) is 0.0975. The average molecular weight is 365 g/mol. The standard InChI is InChI=1S/C22H23NO4/c1-15(22(25)16-10-12-18(26-2)13-11-16)27-21(24)9-5-6-17-14-23-20-8-4-3-7-19(17)20/h3-4,7-8,10-15,23H,5-6,9H2,1-2H3. The highest BCUT2D eigenvalue weighted by atomic mass is 16.5. The number of ether oxygens (including phenoxy) is 2. The molecule has 1 heterocycles. The maximum absolute atomic E-state index is 12.4. The molecule has 3 rings (SSSR count). The van der Waals surface area contributed by atoms with Crippen molar-refractivity contribution in [3.8, 4) is 5.75 Å². The molecule has 5 nitrogen and oxygen atoms in total. The van der Waals surface area contributed by atoms with Crippen LogP contribution in [-0.2, 0) is 16.0 Å². The third kappa shape index (κ3) is 4.56. The molecule has 0 saturated heterocycles. The normalized spacial score (nSPS) is 11.9. The number of fused-ring (bicyclic) bond motifs is 1. The number of rotatable bonds is 8. The number of carbonyl (C=O) groups excluding carboxylic acids is 2. The number of hydrogen-bond donors (Lipinski definition) is 1. The van der Waals surface area contributed by atoms with Crippen LogP contribution in [0.15, 0.2) is 54.7 Å². The van der Waals surface area contributed by atoms with Crippen LogP contribution in [0, 0.1) is 0 Å². The molecule has 27 heavy (non-hydrogen) atoms. The number of aryl methyl sites for hydroxylation is 1. The zero-order valence-corrected chi connectivity index (χ0v) is 15.5. The van der Waals surface area contributed by atoms with E-state index >= 15 is 0 Å². The Labute approximate surface area is 158 Å². The number of esters is 1. The van der Waals surface area contributed by atoms with E-state index in [4.69, 9.17) is 9.47 Å². The zero-order valence-electron chi connectivity index (χ0n) is 15.5. The molecule has 2 aromatic carbocycles. The second kappa shape index (κ2) is 8.54. The fourth-order valence-electron chi connectivity index (χ4n) is 3.06. The number of nitrogens with one attached hydrogen (secondary N) is 1. The first-order chi connectivity index (χ1) is 13.1. The molecule has 1 unspecified atom stereocenters. The molecule has 0 radical (unpaired) electrons. The van der Waals surface area contributed by atoms with Gasteiger partial charge in [-0.3, -0.25) is 9.59 Å². The molecule has 0 aliphatic heterocycles. The minimum absolute atomic E-state index is 0.220. The minimum Gasteiger partial charge on any atom is -0.497 e. The molecule has 0 bridgehead atoms. The largest absolute Gasteiger partial charge is 0.497 e. The van der Waals surface area contributed by atoms with Crippen LogP contribution in [0.4, 0.5) is 0 Å². The quantitative estimate of drug-likeness (QED) is 0.477. The van der Waals surface area contributed by atoms with Gasteiger partial charge in [0.2, 0.25) is 5.78 Å². The van der Waals surface area contributed by atoms with Crippen molar-refractivity contribution in [2.24, 2.45) is 0 Å². The predicted octanol–water partition coefficient (Wildman–Crippen LogP) is 4.31. The number of methoxy groups -OCH3 is 1. The Kier molecular flexibility index (Phi) is 5.91. The highest BCUT2D eigenvalue weighted by Crippen LogP contribution is 2.20. The van der Waals surface area contributed by atoms with Crippen LogP contribution in [0.2, 0.25) is 0 Å². The Morgan fingerprint density at radius 3 is 2.56 bits per heavy atom. The van der Waals surface area contributed by atoms with E-state index in [1.165, 1.54) is 10.9 Å². The van der Waals surface area contributed by atoms with E-state index in [9.17, 15) is 9.59 Å². The Balaban J connectivity index is 1.48. The summed E-state index contributed by atoms with van der Waals surface area (Å²) in [5.41, 5.74) is 2.77. The third-order valence-electron chi connectivity index (χ3n) is 4.55. The van der Waals surface area contributed by atoms with Crippen molar-refractivity contribution >= 4 is 22.7 Å². The van der Waals surface area contributed by atoms with E-state index in [-0.39, 0.29) is 18.2 Å². The molecular weight excluding hydrogens is 342 g/mol. The topological polar surface area (TPSA) is 68.4 Å². The maximum Gasteiger partial charge on any atom is 0.306 e. The first-order valence-electron chi connectivity index (χ1n) is 9.01. The summed E-state index contributed by atoms with van der Waals surface area (Å²) in [6, 6.07) is 14.8. The molecule has 0 amide bonds. The molecule has 0 saturated carbocycles. The van der Waals surface area contributed by atoms with Crippen LogP contribution in [0.3, 0.4) is 0 Å². The average Bonchev–Trinajstić information content (AvgIpc) is 3.10. The Morgan fingerprint density at radius 2 is 1.81 bits per heavy atom. The molecule has 3 aromatic rings. The fourth-order valence-corrected chi connectivity index (χ4v) is 3.06. The van der Waals surface area contributed by atoms with E-state index in [0.717, 1.165) is 11.9 Å². The smallest absolute Gasteiger partial charge is 0.306 e. The molecule has 1 N–H and O–H groups in total. The van der Waals surface area contributed by atoms with Crippen molar-refractivity contribution in [3.63, 3.8) is 0 Å². The van der Waals surface area contributed by atoms with E-state index < -0.39 is 6.10 Å². The Morgan fingerprint density at radius 1 is 1.07 bits per heavy atom. The number of H-pyrrole nitrogens is 1. The van der Waals surface area contributed by atoms with Gasteiger partial charge in [0.15, 0.2) is 6.10 Å². The lowest BCUT2D eigenvalue weighted by molar-refractivity contribution is -0.146. The van der Waals surface area contributed by atoms with Gasteiger partial charge in [0, 0.05) is 29.1 Å². The summed E-state index contributed by atoms with van der Waals surface area (Å²) < 4.78 is 10.4. The molecule has 140 valence electrons. The van der Waals surface area contributed by atoms with Crippen LogP contribution in [0.1, 0.15) is 35.7 Å². The van der Waals surface area contributed by atoms with E-state index in [0.29, 0.717) is 17.7 Å². The van der Waals surface area contributed by atoms with Gasteiger partial charge in [0.25, 0.3) is 0 Å². The molecule has 0 aliphatic carbocycles. The molecule has 5 heteroatoms. The van der Waals surface area contributed by atoms with Gasteiger partial charge in [-0.15, -0.1) is 0 Å². The van der Waals surface area contributed by atoms with Crippen molar-refractivity contribution in [1.82, 2.24) is 4.98 Å². The lowest BCUT2D eigenvalue weighted by Gasteiger charge is -2.12. The summed E-state index contributed by atoms with van der Waals surface area (Å²) in [7, 11) is 1.57. The van der Waals surface area contributed by atoms with Crippen LogP contribution < -0.4 is 4.74 Å². The maximum atomic E-state index is 12.4. The number of ketones is 1.